The van der Waals surface area contributed by atoms with Crippen molar-refractivity contribution in [2.24, 2.45) is 11.7 Å². The minimum atomic E-state index is -0.248. The van der Waals surface area contributed by atoms with Gasteiger partial charge in [-0.1, -0.05) is 19.8 Å². The quantitative estimate of drug-likeness (QED) is 0.811. The number of aromatic nitrogens is 1. The Morgan fingerprint density at radius 3 is 3.05 bits per heavy atom. The van der Waals surface area contributed by atoms with Crippen LogP contribution in [0, 0.1) is 5.92 Å². The molecule has 1 aromatic heterocycles. The summed E-state index contributed by atoms with van der Waals surface area (Å²) in [6.07, 6.45) is 6.36. The number of aromatic amines is 1. The van der Waals surface area contributed by atoms with Crippen LogP contribution in [0.25, 0.3) is 10.9 Å². The highest BCUT2D eigenvalue weighted by atomic mass is 16.1. The summed E-state index contributed by atoms with van der Waals surface area (Å²) >= 11 is 0. The van der Waals surface area contributed by atoms with Crippen LogP contribution in [0.2, 0.25) is 0 Å². The maximum Gasteiger partial charge on any atom is 0.251 e. The number of hydrogen-bond donors (Lipinski definition) is 3. The smallest absolute Gasteiger partial charge is 0.251 e. The van der Waals surface area contributed by atoms with Crippen molar-refractivity contribution in [3.63, 3.8) is 0 Å². The molecular weight excluding hydrogens is 262 g/mol. The van der Waals surface area contributed by atoms with Crippen molar-refractivity contribution in [3.05, 3.63) is 36.0 Å². The van der Waals surface area contributed by atoms with Gasteiger partial charge >= 0.3 is 0 Å². The van der Waals surface area contributed by atoms with Gasteiger partial charge in [0.1, 0.15) is 0 Å². The van der Waals surface area contributed by atoms with Crippen molar-refractivity contribution in [3.8, 4) is 0 Å². The largest absolute Gasteiger partial charge is 0.361 e. The van der Waals surface area contributed by atoms with Gasteiger partial charge in [0.15, 0.2) is 0 Å². The first-order valence-corrected chi connectivity index (χ1v) is 7.74. The molecule has 4 heteroatoms. The van der Waals surface area contributed by atoms with E-state index in [1.54, 1.807) is 0 Å². The summed E-state index contributed by atoms with van der Waals surface area (Å²) in [5, 5.41) is 4.29. The molecule has 1 aliphatic carbocycles. The number of nitrogens with two attached hydrogens (primary N) is 1. The van der Waals surface area contributed by atoms with Gasteiger partial charge in [-0.25, -0.2) is 0 Å². The van der Waals surface area contributed by atoms with E-state index in [9.17, 15) is 4.79 Å². The second kappa shape index (κ2) is 5.53. The molecule has 1 heterocycles. The van der Waals surface area contributed by atoms with Crippen LogP contribution in [0.4, 0.5) is 0 Å². The number of nitrogens with one attached hydrogen (secondary N) is 2. The van der Waals surface area contributed by atoms with Gasteiger partial charge in [0, 0.05) is 29.2 Å². The summed E-state index contributed by atoms with van der Waals surface area (Å²) in [4.78, 5) is 15.8. The minimum Gasteiger partial charge on any atom is -0.361 e. The fraction of sp³-hybridized carbons (Fsp3) is 0.471. The third kappa shape index (κ3) is 2.56. The summed E-state index contributed by atoms with van der Waals surface area (Å²) in [7, 11) is 0. The van der Waals surface area contributed by atoms with E-state index in [0.29, 0.717) is 18.0 Å². The molecule has 4 N–H and O–H groups in total. The zero-order valence-corrected chi connectivity index (χ0v) is 12.5. The highest BCUT2D eigenvalue weighted by molar-refractivity contribution is 5.98. The Bertz CT molecular complexity index is 648. The molecule has 0 saturated heterocycles. The van der Waals surface area contributed by atoms with E-state index in [-0.39, 0.29) is 11.4 Å². The van der Waals surface area contributed by atoms with Gasteiger partial charge in [0.05, 0.1) is 5.54 Å². The molecule has 0 aliphatic heterocycles. The Balaban J connectivity index is 1.83. The van der Waals surface area contributed by atoms with E-state index in [2.05, 4.69) is 17.2 Å². The van der Waals surface area contributed by atoms with Crippen LogP contribution in [0.5, 0.6) is 0 Å². The molecule has 2 aromatic rings. The van der Waals surface area contributed by atoms with Gasteiger partial charge in [-0.2, -0.15) is 0 Å². The zero-order valence-electron chi connectivity index (χ0n) is 12.5. The summed E-state index contributed by atoms with van der Waals surface area (Å²) in [5.74, 6) is 0.411. The predicted molar refractivity (Wildman–Crippen MR) is 85.2 cm³/mol. The van der Waals surface area contributed by atoms with Gasteiger partial charge in [-0.05, 0) is 43.0 Å². The molecule has 2 unspecified atom stereocenters. The van der Waals surface area contributed by atoms with E-state index in [1.165, 1.54) is 6.42 Å². The molecule has 0 spiro atoms. The topological polar surface area (TPSA) is 70.9 Å². The molecule has 1 amide bonds. The van der Waals surface area contributed by atoms with Crippen molar-refractivity contribution in [1.82, 2.24) is 10.3 Å². The lowest BCUT2D eigenvalue weighted by molar-refractivity contribution is 0.0813. The van der Waals surface area contributed by atoms with Gasteiger partial charge in [0.2, 0.25) is 0 Å². The number of carbonyl (C=O) groups is 1. The number of amides is 1. The molecule has 1 saturated carbocycles. The number of carbonyl (C=O) groups excluding carboxylic acids is 1. The monoisotopic (exact) mass is 285 g/mol. The molecule has 1 fully saturated rings. The van der Waals surface area contributed by atoms with E-state index < -0.39 is 0 Å². The van der Waals surface area contributed by atoms with Crippen molar-refractivity contribution in [2.45, 2.75) is 38.1 Å². The molecule has 21 heavy (non-hydrogen) atoms. The molecule has 1 aliphatic rings. The third-order valence-corrected chi connectivity index (χ3v) is 5.00. The van der Waals surface area contributed by atoms with Gasteiger partial charge < -0.3 is 16.0 Å². The highest BCUT2D eigenvalue weighted by Crippen LogP contribution is 2.33. The van der Waals surface area contributed by atoms with Crippen LogP contribution in [0.3, 0.4) is 0 Å². The molecule has 112 valence electrons. The van der Waals surface area contributed by atoms with Crippen LogP contribution in [-0.4, -0.2) is 23.0 Å². The Labute approximate surface area is 125 Å². The van der Waals surface area contributed by atoms with Crippen molar-refractivity contribution in [1.29, 1.82) is 0 Å². The van der Waals surface area contributed by atoms with E-state index in [0.717, 1.165) is 30.2 Å². The Kier molecular flexibility index (Phi) is 3.72. The van der Waals surface area contributed by atoms with E-state index in [4.69, 9.17) is 5.73 Å². The molecule has 4 nitrogen and oxygen atoms in total. The average Bonchev–Trinajstić information content (AvgIpc) is 2.97. The number of benzene rings is 1. The van der Waals surface area contributed by atoms with E-state index >= 15 is 0 Å². The molecule has 1 aromatic carbocycles. The standard InChI is InChI=1S/C17H23N3O/c1-12-4-2-3-8-17(12,11-18)20-16(21)14-5-6-15-13(10-14)7-9-19-15/h5-7,9-10,12,19H,2-4,8,11,18H2,1H3,(H,20,21). The van der Waals surface area contributed by atoms with Gasteiger partial charge in [-0.15, -0.1) is 0 Å². The molecule has 2 atom stereocenters. The average molecular weight is 285 g/mol. The third-order valence-electron chi connectivity index (χ3n) is 5.00. The van der Waals surface area contributed by atoms with Gasteiger partial charge in [-0.3, -0.25) is 4.79 Å². The number of H-pyrrole nitrogens is 1. The first-order chi connectivity index (χ1) is 10.1. The van der Waals surface area contributed by atoms with Crippen LogP contribution >= 0.6 is 0 Å². The maximum atomic E-state index is 12.6. The first kappa shape index (κ1) is 14.1. The summed E-state index contributed by atoms with van der Waals surface area (Å²) in [5.41, 5.74) is 7.51. The number of hydrogen-bond acceptors (Lipinski definition) is 2. The van der Waals surface area contributed by atoms with E-state index in [1.807, 2.05) is 30.5 Å². The zero-order chi connectivity index (χ0) is 14.9. The summed E-state index contributed by atoms with van der Waals surface area (Å²) < 4.78 is 0. The second-order valence-electron chi connectivity index (χ2n) is 6.24. The van der Waals surface area contributed by atoms with Gasteiger partial charge in [0.25, 0.3) is 5.91 Å². The fourth-order valence-corrected chi connectivity index (χ4v) is 3.45. The number of rotatable bonds is 3. The minimum absolute atomic E-state index is 0.0164. The summed E-state index contributed by atoms with van der Waals surface area (Å²) in [6, 6.07) is 7.72. The van der Waals surface area contributed by atoms with Crippen LogP contribution < -0.4 is 11.1 Å². The lowest BCUT2D eigenvalue weighted by Crippen LogP contribution is -2.59. The normalized spacial score (nSPS) is 25.9. The van der Waals surface area contributed by atoms with Crippen LogP contribution in [-0.2, 0) is 0 Å². The molecule has 0 bridgehead atoms. The van der Waals surface area contributed by atoms with Crippen LogP contribution in [0.15, 0.2) is 30.5 Å². The molecule has 0 radical (unpaired) electrons. The Hall–Kier alpha value is -1.81. The van der Waals surface area contributed by atoms with Crippen LogP contribution in [0.1, 0.15) is 43.0 Å². The fourth-order valence-electron chi connectivity index (χ4n) is 3.45. The van der Waals surface area contributed by atoms with Crippen molar-refractivity contribution < 1.29 is 4.79 Å². The highest BCUT2D eigenvalue weighted by Gasteiger charge is 2.38. The SMILES string of the molecule is CC1CCCCC1(CN)NC(=O)c1ccc2[nH]ccc2c1. The molecular formula is C17H23N3O. The second-order valence-corrected chi connectivity index (χ2v) is 6.24. The lowest BCUT2D eigenvalue weighted by atomic mass is 9.73. The Morgan fingerprint density at radius 2 is 2.29 bits per heavy atom. The maximum absolute atomic E-state index is 12.6. The molecule has 3 rings (SSSR count). The first-order valence-electron chi connectivity index (χ1n) is 7.74. The predicted octanol–water partition coefficient (Wildman–Crippen LogP) is 2.81. The lowest BCUT2D eigenvalue weighted by Gasteiger charge is -2.42. The number of fused-ring (bicyclic) bond motifs is 1. The van der Waals surface area contributed by atoms with Crippen molar-refractivity contribution >= 4 is 16.8 Å². The summed E-state index contributed by atoms with van der Waals surface area (Å²) in [6.45, 7) is 2.70. The Morgan fingerprint density at radius 1 is 1.43 bits per heavy atom. The van der Waals surface area contributed by atoms with Crippen molar-refractivity contribution in [2.75, 3.05) is 6.54 Å².